The van der Waals surface area contributed by atoms with Gasteiger partial charge in [-0.25, -0.2) is 13.2 Å². The van der Waals surface area contributed by atoms with Gasteiger partial charge in [0.05, 0.1) is 16.2 Å². The van der Waals surface area contributed by atoms with E-state index in [2.05, 4.69) is 10.1 Å². The second-order valence-corrected chi connectivity index (χ2v) is 8.71. The highest BCUT2D eigenvalue weighted by molar-refractivity contribution is 7.91. The fraction of sp³-hybridized carbons (Fsp3) is 0.350. The molecule has 0 aliphatic carbocycles. The molecule has 2 aromatic rings. The Kier molecular flexibility index (Phi) is 7.35. The van der Waals surface area contributed by atoms with Crippen LogP contribution in [0.2, 0.25) is 0 Å². The summed E-state index contributed by atoms with van der Waals surface area (Å²) in [6.07, 6.45) is -3.36. The van der Waals surface area contributed by atoms with E-state index in [1.807, 2.05) is 6.92 Å². The molecule has 0 bridgehead atoms. The average molecular weight is 445 g/mol. The summed E-state index contributed by atoms with van der Waals surface area (Å²) in [5, 5.41) is 12.4. The smallest absolute Gasteiger partial charge is 0.478 e. The van der Waals surface area contributed by atoms with Crippen molar-refractivity contribution in [2.45, 2.75) is 37.9 Å². The predicted octanol–water partition coefficient (Wildman–Crippen LogP) is 4.96. The maximum atomic E-state index is 12.7. The van der Waals surface area contributed by atoms with Gasteiger partial charge < -0.3 is 15.2 Å². The SMILES string of the molecule is CCCCNc1cc(C(=O)O)cc(S(=O)(=O)CC)c1-c1cccc(OC(F)(F)F)c1. The van der Waals surface area contributed by atoms with E-state index >= 15 is 0 Å². The zero-order valence-electron chi connectivity index (χ0n) is 16.4. The van der Waals surface area contributed by atoms with Crippen LogP contribution in [0.15, 0.2) is 41.3 Å². The van der Waals surface area contributed by atoms with Gasteiger partial charge >= 0.3 is 12.3 Å². The third kappa shape index (κ3) is 5.88. The topological polar surface area (TPSA) is 92.7 Å². The van der Waals surface area contributed by atoms with Crippen LogP contribution in [0.3, 0.4) is 0 Å². The molecule has 0 atom stereocenters. The van der Waals surface area contributed by atoms with Gasteiger partial charge in [0.25, 0.3) is 0 Å². The number of carboxylic acids is 1. The molecular weight excluding hydrogens is 423 g/mol. The predicted molar refractivity (Wildman–Crippen MR) is 107 cm³/mol. The molecule has 0 unspecified atom stereocenters. The van der Waals surface area contributed by atoms with Crippen molar-refractivity contribution in [2.24, 2.45) is 0 Å². The number of sulfone groups is 1. The summed E-state index contributed by atoms with van der Waals surface area (Å²) in [4.78, 5) is 11.3. The number of benzene rings is 2. The lowest BCUT2D eigenvalue weighted by molar-refractivity contribution is -0.274. The average Bonchev–Trinajstić information content (AvgIpc) is 2.66. The molecule has 0 fully saturated rings. The molecule has 2 aromatic carbocycles. The van der Waals surface area contributed by atoms with E-state index in [1.54, 1.807) is 0 Å². The molecule has 0 saturated heterocycles. The highest BCUT2D eigenvalue weighted by Crippen LogP contribution is 2.38. The largest absolute Gasteiger partial charge is 0.573 e. The molecule has 0 heterocycles. The number of anilines is 1. The van der Waals surface area contributed by atoms with Gasteiger partial charge in [0, 0.05) is 17.8 Å². The van der Waals surface area contributed by atoms with Crippen molar-refractivity contribution in [3.8, 4) is 16.9 Å². The molecule has 0 aromatic heterocycles. The number of aromatic carboxylic acids is 1. The first-order chi connectivity index (χ1) is 14.0. The van der Waals surface area contributed by atoms with Crippen molar-refractivity contribution >= 4 is 21.5 Å². The minimum Gasteiger partial charge on any atom is -0.478 e. The lowest BCUT2D eigenvalue weighted by Gasteiger charge is -2.19. The van der Waals surface area contributed by atoms with Crippen molar-refractivity contribution in [3.63, 3.8) is 0 Å². The number of hydrogen-bond acceptors (Lipinski definition) is 5. The molecule has 164 valence electrons. The van der Waals surface area contributed by atoms with Gasteiger partial charge in [-0.1, -0.05) is 32.4 Å². The molecule has 30 heavy (non-hydrogen) atoms. The van der Waals surface area contributed by atoms with E-state index in [9.17, 15) is 31.5 Å². The number of alkyl halides is 3. The van der Waals surface area contributed by atoms with Crippen molar-refractivity contribution in [3.05, 3.63) is 42.0 Å². The molecular formula is C20H22F3NO5S. The number of unbranched alkanes of at least 4 members (excludes halogenated alkanes) is 1. The molecule has 6 nitrogen and oxygen atoms in total. The van der Waals surface area contributed by atoms with E-state index in [0.717, 1.165) is 31.0 Å². The fourth-order valence-electron chi connectivity index (χ4n) is 2.83. The highest BCUT2D eigenvalue weighted by atomic mass is 32.2. The summed E-state index contributed by atoms with van der Waals surface area (Å²) in [6, 6.07) is 7.22. The third-order valence-electron chi connectivity index (χ3n) is 4.27. The second kappa shape index (κ2) is 9.38. The van der Waals surface area contributed by atoms with E-state index in [4.69, 9.17) is 0 Å². The Balaban J connectivity index is 2.77. The summed E-state index contributed by atoms with van der Waals surface area (Å²) in [5.41, 5.74) is 0.220. The fourth-order valence-corrected chi connectivity index (χ4v) is 3.98. The van der Waals surface area contributed by atoms with E-state index in [1.165, 1.54) is 25.1 Å². The Morgan fingerprint density at radius 3 is 2.43 bits per heavy atom. The van der Waals surface area contributed by atoms with E-state index in [0.29, 0.717) is 6.54 Å². The van der Waals surface area contributed by atoms with Crippen molar-refractivity contribution in [1.29, 1.82) is 0 Å². The van der Waals surface area contributed by atoms with Crippen LogP contribution in [0.4, 0.5) is 18.9 Å². The lowest BCUT2D eigenvalue weighted by Crippen LogP contribution is -2.17. The molecule has 0 amide bonds. The van der Waals surface area contributed by atoms with Crippen LogP contribution in [0.1, 0.15) is 37.0 Å². The Bertz CT molecular complexity index is 1020. The number of halogens is 3. The van der Waals surface area contributed by atoms with Gasteiger partial charge in [0.1, 0.15) is 5.75 Å². The molecule has 2 N–H and O–H groups in total. The van der Waals surface area contributed by atoms with Gasteiger partial charge in [0.15, 0.2) is 9.84 Å². The first kappa shape index (κ1) is 23.5. The number of rotatable bonds is 9. The quantitative estimate of drug-likeness (QED) is 0.530. The van der Waals surface area contributed by atoms with Crippen molar-refractivity contribution in [2.75, 3.05) is 17.6 Å². The van der Waals surface area contributed by atoms with Crippen LogP contribution in [-0.2, 0) is 9.84 Å². The first-order valence-electron chi connectivity index (χ1n) is 9.22. The summed E-state index contributed by atoms with van der Waals surface area (Å²) in [5.74, 6) is -2.14. The number of carboxylic acid groups (broad SMARTS) is 1. The number of hydrogen-bond donors (Lipinski definition) is 2. The molecule has 0 radical (unpaired) electrons. The van der Waals surface area contributed by atoms with E-state index < -0.39 is 27.9 Å². The van der Waals surface area contributed by atoms with Crippen LogP contribution < -0.4 is 10.1 Å². The first-order valence-corrected chi connectivity index (χ1v) is 10.9. The molecule has 0 aliphatic rings. The Labute approximate surface area is 172 Å². The summed E-state index contributed by atoms with van der Waals surface area (Å²) < 4.78 is 67.3. The minimum atomic E-state index is -4.91. The normalized spacial score (nSPS) is 11.9. The molecule has 0 saturated carbocycles. The standard InChI is InChI=1S/C20H22F3NO5S/c1-3-5-9-24-16-11-14(19(25)26)12-17(30(27,28)4-2)18(16)13-7-6-8-15(10-13)29-20(21,22)23/h6-8,10-12,24H,3-5,9H2,1-2H3,(H,25,26). The Morgan fingerprint density at radius 1 is 1.17 bits per heavy atom. The zero-order valence-corrected chi connectivity index (χ0v) is 17.2. The van der Waals surface area contributed by atoms with Crippen LogP contribution in [-0.4, -0.2) is 38.2 Å². The Morgan fingerprint density at radius 2 is 1.87 bits per heavy atom. The molecule has 0 aliphatic heterocycles. The zero-order chi connectivity index (χ0) is 22.5. The molecule has 10 heteroatoms. The minimum absolute atomic E-state index is 0.102. The summed E-state index contributed by atoms with van der Waals surface area (Å²) >= 11 is 0. The maximum Gasteiger partial charge on any atom is 0.573 e. The number of ether oxygens (including phenoxy) is 1. The van der Waals surface area contributed by atoms with Crippen molar-refractivity contribution in [1.82, 2.24) is 0 Å². The van der Waals surface area contributed by atoms with Gasteiger partial charge in [-0.05, 0) is 36.2 Å². The lowest BCUT2D eigenvalue weighted by atomic mass is 10.0. The summed E-state index contributed by atoms with van der Waals surface area (Å²) in [7, 11) is -3.90. The second-order valence-electron chi connectivity index (χ2n) is 6.46. The van der Waals surface area contributed by atoms with Crippen LogP contribution in [0.5, 0.6) is 5.75 Å². The van der Waals surface area contributed by atoms with Gasteiger partial charge in [-0.2, -0.15) is 0 Å². The number of carbonyl (C=O) groups is 1. The highest BCUT2D eigenvalue weighted by Gasteiger charge is 2.31. The van der Waals surface area contributed by atoms with Crippen LogP contribution in [0.25, 0.3) is 11.1 Å². The summed E-state index contributed by atoms with van der Waals surface area (Å²) in [6.45, 7) is 3.78. The molecule has 0 spiro atoms. The monoisotopic (exact) mass is 445 g/mol. The van der Waals surface area contributed by atoms with Crippen molar-refractivity contribution < 1.29 is 36.2 Å². The van der Waals surface area contributed by atoms with E-state index in [-0.39, 0.29) is 33.0 Å². The molecule has 2 rings (SSSR count). The van der Waals surface area contributed by atoms with Gasteiger partial charge in [-0.3, -0.25) is 0 Å². The van der Waals surface area contributed by atoms with Crippen LogP contribution in [0, 0.1) is 0 Å². The Hall–Kier alpha value is -2.75. The number of nitrogens with one attached hydrogen (secondary N) is 1. The van der Waals surface area contributed by atoms with Gasteiger partial charge in [0.2, 0.25) is 0 Å². The maximum absolute atomic E-state index is 12.7. The third-order valence-corrected chi connectivity index (χ3v) is 6.02. The van der Waals surface area contributed by atoms with Crippen LogP contribution >= 0.6 is 0 Å². The van der Waals surface area contributed by atoms with Gasteiger partial charge in [-0.15, -0.1) is 13.2 Å².